The zero-order valence-corrected chi connectivity index (χ0v) is 13.2. The monoisotopic (exact) mass is 308 g/mol. The van der Waals surface area contributed by atoms with Crippen LogP contribution in [0.2, 0.25) is 5.02 Å². The first kappa shape index (κ1) is 16.4. The molecule has 0 aliphatic heterocycles. The van der Waals surface area contributed by atoms with Gasteiger partial charge in [-0.05, 0) is 20.3 Å². The molecule has 1 rings (SSSR count). The third-order valence-electron chi connectivity index (χ3n) is 3.36. The maximum absolute atomic E-state index is 12.0. The summed E-state index contributed by atoms with van der Waals surface area (Å²) in [6, 6.07) is -0.635. The summed E-state index contributed by atoms with van der Waals surface area (Å²) in [5.74, 6) is 5.57. The van der Waals surface area contributed by atoms with Crippen LogP contribution in [0.1, 0.15) is 38.9 Å². The van der Waals surface area contributed by atoms with E-state index < -0.39 is 20.6 Å². The summed E-state index contributed by atoms with van der Waals surface area (Å²) < 4.78 is 24.5. The van der Waals surface area contributed by atoms with Crippen molar-refractivity contribution < 1.29 is 8.42 Å². The fourth-order valence-corrected chi connectivity index (χ4v) is 2.73. The molecule has 0 aliphatic carbocycles. The Balaban J connectivity index is 3.36. The van der Waals surface area contributed by atoms with Gasteiger partial charge in [0.1, 0.15) is 0 Å². The van der Waals surface area contributed by atoms with Gasteiger partial charge in [0.25, 0.3) is 0 Å². The number of sulfone groups is 1. The minimum atomic E-state index is -3.33. The Labute approximate surface area is 119 Å². The molecule has 0 spiro atoms. The molecule has 19 heavy (non-hydrogen) atoms. The number of aromatic nitrogens is 2. The summed E-state index contributed by atoms with van der Waals surface area (Å²) in [7, 11) is -3.33. The Hall–Kier alpha value is -0.630. The molecule has 0 radical (unpaired) electrons. The van der Waals surface area contributed by atoms with Crippen LogP contribution in [0.15, 0.2) is 6.20 Å². The van der Waals surface area contributed by atoms with Gasteiger partial charge < -0.3 is 0 Å². The zero-order chi connectivity index (χ0) is 14.8. The molecule has 1 unspecified atom stereocenters. The number of nitrogens with one attached hydrogen (secondary N) is 1. The average Bonchev–Trinajstić information content (AvgIpc) is 2.61. The summed E-state index contributed by atoms with van der Waals surface area (Å²) >= 11 is 6.14. The van der Waals surface area contributed by atoms with E-state index >= 15 is 0 Å². The molecule has 3 N–H and O–H groups in total. The van der Waals surface area contributed by atoms with E-state index in [0.717, 1.165) is 6.42 Å². The molecule has 0 aliphatic rings. The van der Waals surface area contributed by atoms with E-state index in [1.807, 2.05) is 6.92 Å². The van der Waals surface area contributed by atoms with Crippen LogP contribution >= 0.6 is 11.6 Å². The molecule has 6 nitrogen and oxygen atoms in total. The van der Waals surface area contributed by atoms with Crippen LogP contribution in [0.3, 0.4) is 0 Å². The van der Waals surface area contributed by atoms with E-state index in [-0.39, 0.29) is 0 Å². The topological polar surface area (TPSA) is 90.0 Å². The maximum Gasteiger partial charge on any atom is 0.154 e. The van der Waals surface area contributed by atoms with Gasteiger partial charge in [-0.3, -0.25) is 10.5 Å². The van der Waals surface area contributed by atoms with Gasteiger partial charge >= 0.3 is 0 Å². The number of hydrogen-bond acceptors (Lipinski definition) is 5. The van der Waals surface area contributed by atoms with Gasteiger partial charge in [-0.15, -0.1) is 0 Å². The van der Waals surface area contributed by atoms with Crippen LogP contribution in [0.5, 0.6) is 0 Å². The third-order valence-corrected chi connectivity index (χ3v) is 5.80. The second kappa shape index (κ2) is 5.78. The van der Waals surface area contributed by atoms with Crippen molar-refractivity contribution in [3.05, 3.63) is 16.9 Å². The fraction of sp³-hybridized carbons (Fsp3) is 0.727. The van der Waals surface area contributed by atoms with E-state index in [2.05, 4.69) is 10.5 Å². The highest BCUT2D eigenvalue weighted by molar-refractivity contribution is 7.92. The Morgan fingerprint density at radius 2 is 2.16 bits per heavy atom. The summed E-state index contributed by atoms with van der Waals surface area (Å²) in [6.45, 7) is 5.89. The number of nitrogens with zero attached hydrogens (tertiary/aromatic N) is 2. The van der Waals surface area contributed by atoms with Crippen LogP contribution in [-0.4, -0.2) is 29.2 Å². The van der Waals surface area contributed by atoms with Crippen molar-refractivity contribution in [1.82, 2.24) is 15.2 Å². The number of aryl methyl sites for hydroxylation is 1. The maximum atomic E-state index is 12.0. The lowest BCUT2D eigenvalue weighted by Gasteiger charge is -2.32. The van der Waals surface area contributed by atoms with Crippen LogP contribution < -0.4 is 11.3 Å². The molecular formula is C11H21ClN4O2S. The third kappa shape index (κ3) is 3.10. The number of hydrazine groups is 1. The Kier molecular flexibility index (Phi) is 5.00. The highest BCUT2D eigenvalue weighted by atomic mass is 35.5. The Morgan fingerprint density at radius 1 is 1.58 bits per heavy atom. The molecule has 0 saturated heterocycles. The molecule has 1 aromatic rings. The molecule has 0 fully saturated rings. The lowest BCUT2D eigenvalue weighted by Crippen LogP contribution is -2.48. The van der Waals surface area contributed by atoms with Crippen molar-refractivity contribution in [3.63, 3.8) is 0 Å². The molecule has 8 heteroatoms. The summed E-state index contributed by atoms with van der Waals surface area (Å²) in [6.07, 6.45) is 3.56. The molecule has 1 atom stereocenters. The van der Waals surface area contributed by atoms with Gasteiger partial charge in [-0.1, -0.05) is 18.5 Å². The summed E-state index contributed by atoms with van der Waals surface area (Å²) in [5.41, 5.74) is 3.17. The van der Waals surface area contributed by atoms with Gasteiger partial charge in [-0.25, -0.2) is 13.8 Å². The molecular weight excluding hydrogens is 288 g/mol. The second-order valence-electron chi connectivity index (χ2n) is 5.08. The predicted octanol–water partition coefficient (Wildman–Crippen LogP) is 1.27. The Morgan fingerprint density at radius 3 is 2.58 bits per heavy atom. The second-order valence-corrected chi connectivity index (χ2v) is 8.08. The first-order valence-corrected chi connectivity index (χ1v) is 8.30. The molecule has 0 saturated carbocycles. The number of hydrogen-bond donors (Lipinski definition) is 2. The van der Waals surface area contributed by atoms with Crippen LogP contribution in [-0.2, 0) is 16.4 Å². The minimum absolute atomic E-state index is 0.410. The molecule has 0 amide bonds. The number of halogens is 1. The van der Waals surface area contributed by atoms with Gasteiger partial charge in [-0.2, -0.15) is 5.10 Å². The number of nitrogens with two attached hydrogens (primary N) is 1. The average molecular weight is 309 g/mol. The summed E-state index contributed by atoms with van der Waals surface area (Å²) in [5, 5.41) is 4.57. The van der Waals surface area contributed by atoms with E-state index in [0.29, 0.717) is 17.3 Å². The predicted molar refractivity (Wildman–Crippen MR) is 76.5 cm³/mol. The normalized spacial score (nSPS) is 14.6. The lowest BCUT2D eigenvalue weighted by atomic mass is 10.0. The van der Waals surface area contributed by atoms with E-state index in [1.54, 1.807) is 18.5 Å². The van der Waals surface area contributed by atoms with Crippen molar-refractivity contribution >= 4 is 21.4 Å². The first-order chi connectivity index (χ1) is 8.66. The van der Waals surface area contributed by atoms with Crippen LogP contribution in [0, 0.1) is 0 Å². The van der Waals surface area contributed by atoms with E-state index in [9.17, 15) is 8.42 Å². The van der Waals surface area contributed by atoms with Crippen molar-refractivity contribution in [3.8, 4) is 0 Å². The van der Waals surface area contributed by atoms with E-state index in [4.69, 9.17) is 17.4 Å². The van der Waals surface area contributed by atoms with Crippen molar-refractivity contribution in [2.75, 3.05) is 6.26 Å². The van der Waals surface area contributed by atoms with Gasteiger partial charge in [0.05, 0.1) is 27.7 Å². The SMILES string of the molecule is CCCn1ncc(Cl)c1C(NN)C(C)(C)S(C)(=O)=O. The quantitative estimate of drug-likeness (QED) is 0.610. The molecule has 1 heterocycles. The van der Waals surface area contributed by atoms with Crippen LogP contribution in [0.4, 0.5) is 0 Å². The molecule has 110 valence electrons. The first-order valence-electron chi connectivity index (χ1n) is 6.03. The highest BCUT2D eigenvalue weighted by Crippen LogP contribution is 2.35. The molecule has 1 aromatic heterocycles. The van der Waals surface area contributed by atoms with Crippen molar-refractivity contribution in [2.24, 2.45) is 5.84 Å². The largest absolute Gasteiger partial charge is 0.271 e. The van der Waals surface area contributed by atoms with Crippen LogP contribution in [0.25, 0.3) is 0 Å². The molecule has 0 bridgehead atoms. The minimum Gasteiger partial charge on any atom is -0.271 e. The zero-order valence-electron chi connectivity index (χ0n) is 11.6. The van der Waals surface area contributed by atoms with Gasteiger partial charge in [0.2, 0.25) is 0 Å². The fourth-order valence-electron chi connectivity index (χ4n) is 1.87. The van der Waals surface area contributed by atoms with E-state index in [1.165, 1.54) is 12.5 Å². The van der Waals surface area contributed by atoms with Crippen molar-refractivity contribution in [1.29, 1.82) is 0 Å². The standard InChI is InChI=1S/C11H21ClN4O2S/c1-5-6-16-9(8(12)7-14-16)10(15-13)11(2,3)19(4,17)18/h7,10,15H,5-6,13H2,1-4H3. The van der Waals surface area contributed by atoms with Gasteiger partial charge in [0, 0.05) is 12.8 Å². The lowest BCUT2D eigenvalue weighted by molar-refractivity contribution is 0.396. The van der Waals surface area contributed by atoms with Gasteiger partial charge in [0.15, 0.2) is 9.84 Å². The molecule has 0 aromatic carbocycles. The summed E-state index contributed by atoms with van der Waals surface area (Å²) in [4.78, 5) is 0. The smallest absolute Gasteiger partial charge is 0.154 e. The van der Waals surface area contributed by atoms with Crippen molar-refractivity contribution in [2.45, 2.75) is 44.5 Å². The number of rotatable bonds is 6. The highest BCUT2D eigenvalue weighted by Gasteiger charge is 2.42. The Bertz CT molecular complexity index is 539.